The summed E-state index contributed by atoms with van der Waals surface area (Å²) < 4.78 is 16.1. The lowest BCUT2D eigenvalue weighted by molar-refractivity contribution is -0.125. The molecule has 1 amide bonds. The van der Waals surface area contributed by atoms with E-state index in [1.54, 1.807) is 36.6 Å². The molecule has 0 radical (unpaired) electrons. The molecule has 1 aliphatic rings. The van der Waals surface area contributed by atoms with E-state index in [0.29, 0.717) is 22.1 Å². The first kappa shape index (κ1) is 15.4. The monoisotopic (exact) mass is 333 g/mol. The third kappa shape index (κ3) is 3.29. The molecule has 1 atom stereocenters. The van der Waals surface area contributed by atoms with E-state index in [4.69, 9.17) is 14.2 Å². The number of anilines is 1. The summed E-state index contributed by atoms with van der Waals surface area (Å²) in [7, 11) is 0. The van der Waals surface area contributed by atoms with Crippen LogP contribution in [0.15, 0.2) is 35.7 Å². The first-order chi connectivity index (χ1) is 11.2. The van der Waals surface area contributed by atoms with E-state index in [-0.39, 0.29) is 19.1 Å². The van der Waals surface area contributed by atoms with Gasteiger partial charge in [0.05, 0.1) is 12.2 Å². The number of para-hydroxylation sites is 2. The zero-order valence-corrected chi connectivity index (χ0v) is 13.2. The molecular formula is C16H15NO5S. The molecule has 0 aliphatic carbocycles. The second-order valence-electron chi connectivity index (χ2n) is 4.74. The molecule has 6 nitrogen and oxygen atoms in total. The molecule has 0 bridgehead atoms. The van der Waals surface area contributed by atoms with E-state index >= 15 is 0 Å². The van der Waals surface area contributed by atoms with Crippen LogP contribution in [0.25, 0.3) is 0 Å². The quantitative estimate of drug-likeness (QED) is 0.871. The number of nitrogens with one attached hydrogen (secondary N) is 1. The number of benzene rings is 1. The summed E-state index contributed by atoms with van der Waals surface area (Å²) in [5.41, 5.74) is 0.335. The maximum atomic E-state index is 12.3. The SMILES string of the molecule is CCOC(=O)c1ccsc1NC(=O)C1COc2ccccc2O1. The van der Waals surface area contributed by atoms with Crippen LogP contribution in [-0.4, -0.2) is 31.2 Å². The minimum absolute atomic E-state index is 0.114. The Balaban J connectivity index is 1.69. The molecule has 1 N–H and O–H groups in total. The molecule has 2 aromatic rings. The van der Waals surface area contributed by atoms with Crippen molar-refractivity contribution in [3.05, 3.63) is 41.3 Å². The topological polar surface area (TPSA) is 73.9 Å². The van der Waals surface area contributed by atoms with Crippen LogP contribution >= 0.6 is 11.3 Å². The Labute approximate surface area is 137 Å². The number of ether oxygens (including phenoxy) is 3. The number of carbonyl (C=O) groups is 2. The Hall–Kier alpha value is -2.54. The molecule has 1 unspecified atom stereocenters. The minimum Gasteiger partial charge on any atom is -0.485 e. The van der Waals surface area contributed by atoms with Gasteiger partial charge in [0, 0.05) is 0 Å². The molecule has 2 heterocycles. The van der Waals surface area contributed by atoms with Crippen LogP contribution in [0.2, 0.25) is 0 Å². The molecule has 120 valence electrons. The lowest BCUT2D eigenvalue weighted by Gasteiger charge is -2.25. The summed E-state index contributed by atoms with van der Waals surface area (Å²) >= 11 is 1.25. The maximum Gasteiger partial charge on any atom is 0.341 e. The number of amides is 1. The third-order valence-corrected chi connectivity index (χ3v) is 4.03. The fourth-order valence-corrected chi connectivity index (χ4v) is 2.89. The lowest BCUT2D eigenvalue weighted by Crippen LogP contribution is -2.40. The molecule has 0 fully saturated rings. The highest BCUT2D eigenvalue weighted by Gasteiger charge is 2.28. The van der Waals surface area contributed by atoms with Crippen molar-refractivity contribution in [2.24, 2.45) is 0 Å². The van der Waals surface area contributed by atoms with Gasteiger partial charge in [-0.3, -0.25) is 4.79 Å². The van der Waals surface area contributed by atoms with Gasteiger partial charge >= 0.3 is 5.97 Å². The Bertz CT molecular complexity index is 727. The average Bonchev–Trinajstić information content (AvgIpc) is 3.03. The van der Waals surface area contributed by atoms with Gasteiger partial charge in [0.15, 0.2) is 11.5 Å². The van der Waals surface area contributed by atoms with Gasteiger partial charge in [-0.25, -0.2) is 4.79 Å². The third-order valence-electron chi connectivity index (χ3n) is 3.20. The molecule has 23 heavy (non-hydrogen) atoms. The number of thiophene rings is 1. The van der Waals surface area contributed by atoms with Gasteiger partial charge in [0.2, 0.25) is 6.10 Å². The maximum absolute atomic E-state index is 12.3. The van der Waals surface area contributed by atoms with Crippen LogP contribution in [0.1, 0.15) is 17.3 Å². The summed E-state index contributed by atoms with van der Waals surface area (Å²) in [5, 5.41) is 4.86. The Kier molecular flexibility index (Phi) is 4.47. The fraction of sp³-hybridized carbons (Fsp3) is 0.250. The summed E-state index contributed by atoms with van der Waals surface area (Å²) in [6.07, 6.45) is -0.776. The molecule has 3 rings (SSSR count). The predicted octanol–water partition coefficient (Wildman–Crippen LogP) is 2.70. The molecule has 0 saturated heterocycles. The van der Waals surface area contributed by atoms with Crippen LogP contribution < -0.4 is 14.8 Å². The molecule has 0 spiro atoms. The van der Waals surface area contributed by atoms with Gasteiger partial charge in [-0.2, -0.15) is 0 Å². The minimum atomic E-state index is -0.776. The largest absolute Gasteiger partial charge is 0.485 e. The van der Waals surface area contributed by atoms with E-state index in [2.05, 4.69) is 5.32 Å². The van der Waals surface area contributed by atoms with Crippen molar-refractivity contribution < 1.29 is 23.8 Å². The zero-order chi connectivity index (χ0) is 16.2. The summed E-state index contributed by atoms with van der Waals surface area (Å²) in [5.74, 6) is 0.304. The molecule has 1 aromatic heterocycles. The molecule has 1 aliphatic heterocycles. The lowest BCUT2D eigenvalue weighted by atomic mass is 10.2. The standard InChI is InChI=1S/C16H15NO5S/c1-2-20-16(19)10-7-8-23-15(10)17-14(18)13-9-21-11-5-3-4-6-12(11)22-13/h3-8,13H,2,9H2,1H3,(H,17,18). The molecule has 0 saturated carbocycles. The van der Waals surface area contributed by atoms with Crippen LogP contribution in [0, 0.1) is 0 Å². The molecule has 7 heteroatoms. The number of carbonyl (C=O) groups excluding carboxylic acids is 2. The van der Waals surface area contributed by atoms with Crippen molar-refractivity contribution in [3.63, 3.8) is 0 Å². The number of hydrogen-bond acceptors (Lipinski definition) is 6. The van der Waals surface area contributed by atoms with Gasteiger partial charge < -0.3 is 19.5 Å². The zero-order valence-electron chi connectivity index (χ0n) is 12.4. The predicted molar refractivity (Wildman–Crippen MR) is 85.3 cm³/mol. The van der Waals surface area contributed by atoms with Crippen molar-refractivity contribution in [1.29, 1.82) is 0 Å². The van der Waals surface area contributed by atoms with Crippen LogP contribution in [-0.2, 0) is 9.53 Å². The van der Waals surface area contributed by atoms with E-state index in [1.165, 1.54) is 11.3 Å². The van der Waals surface area contributed by atoms with Crippen molar-refractivity contribution in [1.82, 2.24) is 0 Å². The van der Waals surface area contributed by atoms with Crippen molar-refractivity contribution >= 4 is 28.2 Å². The second kappa shape index (κ2) is 6.70. The highest BCUT2D eigenvalue weighted by molar-refractivity contribution is 7.14. The Morgan fingerprint density at radius 1 is 1.30 bits per heavy atom. The first-order valence-corrected chi connectivity index (χ1v) is 8.01. The van der Waals surface area contributed by atoms with Gasteiger partial charge in [0.1, 0.15) is 11.6 Å². The van der Waals surface area contributed by atoms with E-state index in [1.807, 2.05) is 6.07 Å². The van der Waals surface area contributed by atoms with E-state index < -0.39 is 12.1 Å². The molecular weight excluding hydrogens is 318 g/mol. The number of hydrogen-bond donors (Lipinski definition) is 1. The van der Waals surface area contributed by atoms with Crippen LogP contribution in [0.3, 0.4) is 0 Å². The second-order valence-corrected chi connectivity index (χ2v) is 5.65. The average molecular weight is 333 g/mol. The highest BCUT2D eigenvalue weighted by Crippen LogP contribution is 2.31. The first-order valence-electron chi connectivity index (χ1n) is 7.13. The van der Waals surface area contributed by atoms with Gasteiger partial charge in [0.25, 0.3) is 5.91 Å². The van der Waals surface area contributed by atoms with Crippen LogP contribution in [0.4, 0.5) is 5.00 Å². The van der Waals surface area contributed by atoms with Crippen LogP contribution in [0.5, 0.6) is 11.5 Å². The molecule has 1 aromatic carbocycles. The number of fused-ring (bicyclic) bond motifs is 1. The summed E-state index contributed by atoms with van der Waals surface area (Å²) in [6.45, 7) is 2.12. The van der Waals surface area contributed by atoms with Crippen molar-refractivity contribution in [2.75, 3.05) is 18.5 Å². The van der Waals surface area contributed by atoms with Gasteiger partial charge in [-0.1, -0.05) is 12.1 Å². The highest BCUT2D eigenvalue weighted by atomic mass is 32.1. The summed E-state index contributed by atoms with van der Waals surface area (Å²) in [4.78, 5) is 24.2. The van der Waals surface area contributed by atoms with Gasteiger partial charge in [-0.15, -0.1) is 11.3 Å². The van der Waals surface area contributed by atoms with Crippen molar-refractivity contribution in [2.45, 2.75) is 13.0 Å². The fourth-order valence-electron chi connectivity index (χ4n) is 2.12. The number of esters is 1. The van der Waals surface area contributed by atoms with E-state index in [0.717, 1.165) is 0 Å². The summed E-state index contributed by atoms with van der Waals surface area (Å²) in [6, 6.07) is 8.78. The normalized spacial score (nSPS) is 15.8. The smallest absolute Gasteiger partial charge is 0.341 e. The Morgan fingerprint density at radius 3 is 2.87 bits per heavy atom. The number of rotatable bonds is 4. The van der Waals surface area contributed by atoms with E-state index in [9.17, 15) is 9.59 Å². The Morgan fingerprint density at radius 2 is 2.09 bits per heavy atom. The van der Waals surface area contributed by atoms with Gasteiger partial charge in [-0.05, 0) is 30.5 Å². The van der Waals surface area contributed by atoms with Crippen molar-refractivity contribution in [3.8, 4) is 11.5 Å².